The topological polar surface area (TPSA) is 95.6 Å². The largest absolute Gasteiger partial charge is 0.356 e. The molecule has 1 heterocycles. The number of hydrogen-bond acceptors (Lipinski definition) is 4. The Balaban J connectivity index is 1.94. The lowest BCUT2D eigenvalue weighted by molar-refractivity contribution is -0.126. The Kier molecular flexibility index (Phi) is 7.24. The van der Waals surface area contributed by atoms with Crippen LogP contribution >= 0.6 is 0 Å². The fourth-order valence-corrected chi connectivity index (χ4v) is 3.65. The normalized spacial score (nSPS) is 17.6. The molecule has 2 amide bonds. The Morgan fingerprint density at radius 1 is 1.22 bits per heavy atom. The number of rotatable bonds is 7. The third kappa shape index (κ3) is 6.86. The van der Waals surface area contributed by atoms with E-state index in [1.165, 1.54) is 0 Å². The molecule has 0 bridgehead atoms. The van der Waals surface area contributed by atoms with Crippen LogP contribution in [0.4, 0.5) is 5.69 Å². The number of amides is 2. The lowest BCUT2D eigenvalue weighted by Gasteiger charge is -2.32. The summed E-state index contributed by atoms with van der Waals surface area (Å²) in [6.07, 6.45) is 3.59. The minimum atomic E-state index is -3.35. The van der Waals surface area contributed by atoms with Crippen molar-refractivity contribution in [3.63, 3.8) is 0 Å². The highest BCUT2D eigenvalue weighted by Crippen LogP contribution is 2.20. The van der Waals surface area contributed by atoms with E-state index in [0.29, 0.717) is 36.8 Å². The van der Waals surface area contributed by atoms with Crippen LogP contribution in [0.3, 0.4) is 0 Å². The Morgan fingerprint density at radius 3 is 2.48 bits per heavy atom. The molecule has 1 saturated heterocycles. The first-order valence-electron chi connectivity index (χ1n) is 9.30. The number of carbonyl (C=O) groups is 2. The molecule has 0 aliphatic carbocycles. The van der Waals surface area contributed by atoms with Crippen molar-refractivity contribution in [2.75, 3.05) is 30.6 Å². The molecular formula is C19H29N3O4S. The standard InChI is InChI=1S/C19H29N3O4S/c1-14(2)10-11-20-18(23)16-5-4-12-22(13-16)19(24)15-6-8-17(9-7-15)21-27(3,25)26/h6-9,14,16,21H,4-5,10-13H2,1-3H3,(H,20,23)/t16-/m0/s1. The van der Waals surface area contributed by atoms with Crippen molar-refractivity contribution in [3.8, 4) is 0 Å². The predicted octanol–water partition coefficient (Wildman–Crippen LogP) is 2.07. The van der Waals surface area contributed by atoms with E-state index in [9.17, 15) is 18.0 Å². The molecule has 7 nitrogen and oxygen atoms in total. The van der Waals surface area contributed by atoms with Crippen LogP contribution < -0.4 is 10.0 Å². The molecule has 0 aromatic heterocycles. The summed E-state index contributed by atoms with van der Waals surface area (Å²) in [4.78, 5) is 26.8. The average Bonchev–Trinajstić information content (AvgIpc) is 2.60. The average molecular weight is 396 g/mol. The summed E-state index contributed by atoms with van der Waals surface area (Å²) >= 11 is 0. The quantitative estimate of drug-likeness (QED) is 0.739. The van der Waals surface area contributed by atoms with Crippen molar-refractivity contribution in [2.24, 2.45) is 11.8 Å². The van der Waals surface area contributed by atoms with Gasteiger partial charge >= 0.3 is 0 Å². The summed E-state index contributed by atoms with van der Waals surface area (Å²) in [6.45, 7) is 5.93. The molecule has 150 valence electrons. The summed E-state index contributed by atoms with van der Waals surface area (Å²) in [7, 11) is -3.35. The van der Waals surface area contributed by atoms with Gasteiger partial charge in [0.25, 0.3) is 5.91 Å². The van der Waals surface area contributed by atoms with E-state index in [4.69, 9.17) is 0 Å². The van der Waals surface area contributed by atoms with Gasteiger partial charge in [-0.05, 0) is 49.4 Å². The van der Waals surface area contributed by atoms with E-state index in [1.807, 2.05) is 0 Å². The molecule has 27 heavy (non-hydrogen) atoms. The van der Waals surface area contributed by atoms with Crippen LogP contribution in [0.1, 0.15) is 43.5 Å². The summed E-state index contributed by atoms with van der Waals surface area (Å²) in [5.41, 5.74) is 0.894. The smallest absolute Gasteiger partial charge is 0.253 e. The Morgan fingerprint density at radius 2 is 1.89 bits per heavy atom. The van der Waals surface area contributed by atoms with Crippen molar-refractivity contribution < 1.29 is 18.0 Å². The van der Waals surface area contributed by atoms with Gasteiger partial charge in [-0.1, -0.05) is 13.8 Å². The van der Waals surface area contributed by atoms with Crippen LogP contribution in [-0.4, -0.2) is 51.0 Å². The number of anilines is 1. The lowest BCUT2D eigenvalue weighted by atomic mass is 9.96. The molecule has 0 spiro atoms. The highest BCUT2D eigenvalue weighted by Gasteiger charge is 2.28. The van der Waals surface area contributed by atoms with Crippen LogP contribution in [0.5, 0.6) is 0 Å². The number of benzene rings is 1. The first-order chi connectivity index (χ1) is 12.7. The van der Waals surface area contributed by atoms with E-state index < -0.39 is 10.0 Å². The van der Waals surface area contributed by atoms with E-state index in [-0.39, 0.29) is 17.7 Å². The summed E-state index contributed by atoms with van der Waals surface area (Å²) in [5.74, 6) is 0.234. The van der Waals surface area contributed by atoms with Gasteiger partial charge in [0, 0.05) is 30.9 Å². The van der Waals surface area contributed by atoms with Gasteiger partial charge < -0.3 is 10.2 Å². The first kappa shape index (κ1) is 21.2. The monoisotopic (exact) mass is 395 g/mol. The van der Waals surface area contributed by atoms with Crippen LogP contribution in [-0.2, 0) is 14.8 Å². The number of likely N-dealkylation sites (tertiary alicyclic amines) is 1. The summed E-state index contributed by atoms with van der Waals surface area (Å²) < 4.78 is 24.9. The van der Waals surface area contributed by atoms with Crippen LogP contribution in [0.2, 0.25) is 0 Å². The number of carbonyl (C=O) groups excluding carboxylic acids is 2. The molecule has 0 saturated carbocycles. The lowest BCUT2D eigenvalue weighted by Crippen LogP contribution is -2.45. The summed E-state index contributed by atoms with van der Waals surface area (Å²) in [6, 6.07) is 6.33. The molecule has 2 rings (SSSR count). The maximum Gasteiger partial charge on any atom is 0.253 e. The molecule has 1 atom stereocenters. The van der Waals surface area contributed by atoms with Gasteiger partial charge in [0.05, 0.1) is 12.2 Å². The number of sulfonamides is 1. The molecule has 1 fully saturated rings. The van der Waals surface area contributed by atoms with Gasteiger partial charge in [0.15, 0.2) is 0 Å². The first-order valence-corrected chi connectivity index (χ1v) is 11.2. The zero-order valence-electron chi connectivity index (χ0n) is 16.2. The molecule has 0 unspecified atom stereocenters. The third-order valence-electron chi connectivity index (χ3n) is 4.54. The number of piperidine rings is 1. The minimum Gasteiger partial charge on any atom is -0.356 e. The second-order valence-electron chi connectivity index (χ2n) is 7.52. The molecule has 1 aliphatic rings. The highest BCUT2D eigenvalue weighted by atomic mass is 32.2. The number of nitrogens with one attached hydrogen (secondary N) is 2. The fourth-order valence-electron chi connectivity index (χ4n) is 3.08. The number of nitrogens with zero attached hydrogens (tertiary/aromatic N) is 1. The molecule has 1 aromatic carbocycles. The zero-order chi connectivity index (χ0) is 20.0. The SMILES string of the molecule is CC(C)CCNC(=O)[C@H]1CCCN(C(=O)c2ccc(NS(C)(=O)=O)cc2)C1. The fraction of sp³-hybridized carbons (Fsp3) is 0.579. The second-order valence-corrected chi connectivity index (χ2v) is 9.26. The number of hydrogen-bond donors (Lipinski definition) is 2. The maximum atomic E-state index is 12.7. The third-order valence-corrected chi connectivity index (χ3v) is 5.14. The molecule has 2 N–H and O–H groups in total. The Bertz CT molecular complexity index is 760. The van der Waals surface area contributed by atoms with E-state index >= 15 is 0 Å². The van der Waals surface area contributed by atoms with Crippen molar-refractivity contribution in [2.45, 2.75) is 33.1 Å². The van der Waals surface area contributed by atoms with E-state index in [2.05, 4.69) is 23.9 Å². The van der Waals surface area contributed by atoms with Gasteiger partial charge in [-0.2, -0.15) is 0 Å². The van der Waals surface area contributed by atoms with Gasteiger partial charge in [0.1, 0.15) is 0 Å². The van der Waals surface area contributed by atoms with Gasteiger partial charge in [-0.15, -0.1) is 0 Å². The van der Waals surface area contributed by atoms with Gasteiger partial charge in [0.2, 0.25) is 15.9 Å². The van der Waals surface area contributed by atoms with Crippen molar-refractivity contribution in [3.05, 3.63) is 29.8 Å². The molecule has 1 aliphatic heterocycles. The van der Waals surface area contributed by atoms with Crippen molar-refractivity contribution >= 4 is 27.5 Å². The summed E-state index contributed by atoms with van der Waals surface area (Å²) in [5, 5.41) is 2.97. The van der Waals surface area contributed by atoms with E-state index in [0.717, 1.165) is 25.5 Å². The predicted molar refractivity (Wildman–Crippen MR) is 106 cm³/mol. The molecule has 1 aromatic rings. The molecular weight excluding hydrogens is 366 g/mol. The second kappa shape index (κ2) is 9.21. The van der Waals surface area contributed by atoms with Gasteiger partial charge in [-0.25, -0.2) is 8.42 Å². The molecule has 0 radical (unpaired) electrons. The Hall–Kier alpha value is -2.09. The zero-order valence-corrected chi connectivity index (χ0v) is 17.0. The Labute approximate surface area is 161 Å². The van der Waals surface area contributed by atoms with Crippen molar-refractivity contribution in [1.29, 1.82) is 0 Å². The van der Waals surface area contributed by atoms with Crippen LogP contribution in [0, 0.1) is 11.8 Å². The van der Waals surface area contributed by atoms with Crippen LogP contribution in [0.25, 0.3) is 0 Å². The maximum absolute atomic E-state index is 12.7. The van der Waals surface area contributed by atoms with Gasteiger partial charge in [-0.3, -0.25) is 14.3 Å². The minimum absolute atomic E-state index is 0.0147. The van der Waals surface area contributed by atoms with E-state index in [1.54, 1.807) is 29.2 Å². The molecule has 8 heteroatoms. The highest BCUT2D eigenvalue weighted by molar-refractivity contribution is 7.92. The van der Waals surface area contributed by atoms with Crippen molar-refractivity contribution in [1.82, 2.24) is 10.2 Å². The van der Waals surface area contributed by atoms with Crippen LogP contribution in [0.15, 0.2) is 24.3 Å².